The number of rotatable bonds is 2. The number of piperazine rings is 1. The van der Waals surface area contributed by atoms with Gasteiger partial charge in [0.05, 0.1) is 13.2 Å². The average molecular weight is 184 g/mol. The lowest BCUT2D eigenvalue weighted by Crippen LogP contribution is -2.42. The molecule has 0 aliphatic carbocycles. The van der Waals surface area contributed by atoms with Gasteiger partial charge in [-0.25, -0.2) is 0 Å². The van der Waals surface area contributed by atoms with E-state index in [1.54, 1.807) is 11.9 Å². The van der Waals surface area contributed by atoms with Crippen LogP contribution in [0.2, 0.25) is 0 Å². The Labute approximate surface area is 76.2 Å². The van der Waals surface area contributed by atoms with Crippen LogP contribution in [0.1, 0.15) is 6.92 Å². The highest BCUT2D eigenvalue weighted by atomic mass is 16.7. The van der Waals surface area contributed by atoms with Gasteiger partial charge in [-0.15, -0.1) is 0 Å². The summed E-state index contributed by atoms with van der Waals surface area (Å²) in [5.74, 6) is -0.277. The molecule has 2 heterocycles. The van der Waals surface area contributed by atoms with Crippen LogP contribution < -0.4 is 0 Å². The second kappa shape index (κ2) is 2.30. The predicted octanol–water partition coefficient (Wildman–Crippen LogP) is -0.968. The first-order valence-electron chi connectivity index (χ1n) is 4.16. The van der Waals surface area contributed by atoms with E-state index in [-0.39, 0.29) is 17.7 Å². The Balaban J connectivity index is 2.34. The van der Waals surface area contributed by atoms with Gasteiger partial charge in [-0.2, -0.15) is 5.06 Å². The fraction of sp³-hybridized carbons (Fsp3) is 0.750. The van der Waals surface area contributed by atoms with Gasteiger partial charge in [0.15, 0.2) is 5.78 Å². The number of Topliss-reactive ketones (excluding diaryl/α,β-unsaturated/α-hetero) is 1. The molecule has 5 heteroatoms. The fourth-order valence-electron chi connectivity index (χ4n) is 2.21. The van der Waals surface area contributed by atoms with Crippen molar-refractivity contribution >= 4 is 11.7 Å². The molecule has 3 unspecified atom stereocenters. The quantitative estimate of drug-likeness (QED) is 0.409. The highest BCUT2D eigenvalue weighted by Crippen LogP contribution is 2.48. The molecule has 0 saturated carbocycles. The van der Waals surface area contributed by atoms with E-state index in [4.69, 9.17) is 4.84 Å². The maximum atomic E-state index is 11.7. The minimum atomic E-state index is -0.983. The van der Waals surface area contributed by atoms with E-state index < -0.39 is 5.54 Å². The summed E-state index contributed by atoms with van der Waals surface area (Å²) in [5.41, 5.74) is -0.983. The summed E-state index contributed by atoms with van der Waals surface area (Å²) < 4.78 is 0. The summed E-state index contributed by atoms with van der Waals surface area (Å²) in [6, 6.07) is -0.0764. The van der Waals surface area contributed by atoms with Crippen LogP contribution in [0.15, 0.2) is 0 Å². The maximum absolute atomic E-state index is 11.7. The molecule has 0 aromatic heterocycles. The number of amides is 1. The topological polar surface area (TPSA) is 49.6 Å². The summed E-state index contributed by atoms with van der Waals surface area (Å²) >= 11 is 0. The molecular formula is C8H12N2O3. The Bertz CT molecular complexity index is 291. The monoisotopic (exact) mass is 184 g/mol. The molecule has 13 heavy (non-hydrogen) atoms. The van der Waals surface area contributed by atoms with Crippen LogP contribution >= 0.6 is 0 Å². The van der Waals surface area contributed by atoms with Crippen molar-refractivity contribution in [3.8, 4) is 0 Å². The Kier molecular flexibility index (Phi) is 1.53. The molecule has 3 atom stereocenters. The van der Waals surface area contributed by atoms with Crippen LogP contribution in [0.5, 0.6) is 0 Å². The van der Waals surface area contributed by atoms with Crippen LogP contribution in [0, 0.1) is 0 Å². The Morgan fingerprint density at radius 2 is 2.31 bits per heavy atom. The van der Waals surface area contributed by atoms with Crippen LogP contribution in [-0.4, -0.2) is 53.9 Å². The molecule has 5 nitrogen and oxygen atoms in total. The number of carbonyl (C=O) groups excluding carboxylic acids is 2. The van der Waals surface area contributed by atoms with E-state index in [1.807, 2.05) is 0 Å². The molecule has 0 aromatic carbocycles. The van der Waals surface area contributed by atoms with Crippen molar-refractivity contribution < 1.29 is 14.4 Å². The largest absolute Gasteiger partial charge is 0.342 e. The second-order valence-corrected chi connectivity index (χ2v) is 3.53. The Morgan fingerprint density at radius 1 is 1.69 bits per heavy atom. The van der Waals surface area contributed by atoms with Gasteiger partial charge < -0.3 is 9.74 Å². The van der Waals surface area contributed by atoms with Crippen molar-refractivity contribution in [2.45, 2.75) is 18.5 Å². The van der Waals surface area contributed by atoms with Crippen LogP contribution in [0.4, 0.5) is 0 Å². The van der Waals surface area contributed by atoms with E-state index in [1.165, 1.54) is 19.1 Å². The maximum Gasteiger partial charge on any atom is 0.254 e. The SMILES string of the molecule is CON1C2CN(C)C(=O)C21C(C)=O. The third-order valence-corrected chi connectivity index (χ3v) is 2.90. The van der Waals surface area contributed by atoms with Gasteiger partial charge in [0.1, 0.15) is 0 Å². The van der Waals surface area contributed by atoms with Gasteiger partial charge in [-0.05, 0) is 6.92 Å². The van der Waals surface area contributed by atoms with Gasteiger partial charge in [-0.3, -0.25) is 9.59 Å². The van der Waals surface area contributed by atoms with Crippen molar-refractivity contribution in [3.63, 3.8) is 0 Å². The van der Waals surface area contributed by atoms with Crippen molar-refractivity contribution in [2.24, 2.45) is 0 Å². The van der Waals surface area contributed by atoms with Crippen LogP contribution in [-0.2, 0) is 14.4 Å². The zero-order valence-electron chi connectivity index (χ0n) is 7.90. The smallest absolute Gasteiger partial charge is 0.254 e. The van der Waals surface area contributed by atoms with Crippen molar-refractivity contribution in [3.05, 3.63) is 0 Å². The molecule has 2 aliphatic rings. The molecule has 1 amide bonds. The molecule has 2 aliphatic heterocycles. The van der Waals surface area contributed by atoms with E-state index in [0.29, 0.717) is 6.54 Å². The lowest BCUT2D eigenvalue weighted by molar-refractivity contribution is -0.150. The van der Waals surface area contributed by atoms with Gasteiger partial charge in [0, 0.05) is 13.6 Å². The first kappa shape index (κ1) is 8.65. The second-order valence-electron chi connectivity index (χ2n) is 3.53. The van der Waals surface area contributed by atoms with E-state index in [2.05, 4.69) is 0 Å². The molecule has 0 spiro atoms. The minimum Gasteiger partial charge on any atom is -0.342 e. The highest BCUT2D eigenvalue weighted by Gasteiger charge is 2.77. The van der Waals surface area contributed by atoms with Gasteiger partial charge in [0.25, 0.3) is 5.91 Å². The van der Waals surface area contributed by atoms with Gasteiger partial charge in [-0.1, -0.05) is 0 Å². The molecule has 2 rings (SSSR count). The Morgan fingerprint density at radius 3 is 2.69 bits per heavy atom. The molecule has 0 aromatic rings. The average Bonchev–Trinajstić information content (AvgIpc) is 2.64. The number of hydrogen-bond donors (Lipinski definition) is 0. The predicted molar refractivity (Wildman–Crippen MR) is 43.7 cm³/mol. The highest BCUT2D eigenvalue weighted by molar-refractivity contribution is 6.15. The number of likely N-dealkylation sites (tertiary alicyclic amines) is 1. The van der Waals surface area contributed by atoms with Crippen molar-refractivity contribution in [1.29, 1.82) is 0 Å². The summed E-state index contributed by atoms with van der Waals surface area (Å²) in [7, 11) is 3.18. The first-order valence-corrected chi connectivity index (χ1v) is 4.16. The number of hydroxylamine groups is 2. The summed E-state index contributed by atoms with van der Waals surface area (Å²) in [5, 5.41) is 1.48. The van der Waals surface area contributed by atoms with E-state index >= 15 is 0 Å². The van der Waals surface area contributed by atoms with Gasteiger partial charge in [0.2, 0.25) is 5.54 Å². The fourth-order valence-corrected chi connectivity index (χ4v) is 2.21. The van der Waals surface area contributed by atoms with Crippen molar-refractivity contribution in [2.75, 3.05) is 20.7 Å². The standard InChI is InChI=1S/C8H12N2O3/c1-5(11)8-6(10(8)13-3)4-9(2)7(8)12/h6H,4H2,1-3H3. The Hall–Kier alpha value is -0.940. The number of fused-ring (bicyclic) bond motifs is 1. The lowest BCUT2D eigenvalue weighted by atomic mass is 10.0. The van der Waals surface area contributed by atoms with E-state index in [9.17, 15) is 9.59 Å². The third kappa shape index (κ3) is 0.739. The number of carbonyl (C=O) groups is 2. The number of hydrogen-bond acceptors (Lipinski definition) is 4. The van der Waals surface area contributed by atoms with Crippen LogP contribution in [0.3, 0.4) is 0 Å². The molecule has 0 radical (unpaired) electrons. The summed E-state index contributed by atoms with van der Waals surface area (Å²) in [4.78, 5) is 29.6. The number of nitrogens with zero attached hydrogens (tertiary/aromatic N) is 2. The first-order chi connectivity index (χ1) is 6.06. The molecule has 72 valence electrons. The summed E-state index contributed by atoms with van der Waals surface area (Å²) in [6.45, 7) is 2.01. The van der Waals surface area contributed by atoms with Gasteiger partial charge >= 0.3 is 0 Å². The number of likely N-dealkylation sites (N-methyl/N-ethyl adjacent to an activating group) is 1. The zero-order valence-corrected chi connectivity index (χ0v) is 7.90. The number of ketones is 1. The minimum absolute atomic E-state index is 0.0764. The molecule has 0 N–H and O–H groups in total. The zero-order chi connectivity index (χ0) is 9.80. The lowest BCUT2D eigenvalue weighted by Gasteiger charge is -2.17. The van der Waals surface area contributed by atoms with Crippen molar-refractivity contribution in [1.82, 2.24) is 9.96 Å². The molecule has 2 saturated heterocycles. The van der Waals surface area contributed by atoms with E-state index in [0.717, 1.165) is 0 Å². The summed E-state index contributed by atoms with van der Waals surface area (Å²) in [6.07, 6.45) is 0. The molecule has 0 bridgehead atoms. The molecular weight excluding hydrogens is 172 g/mol. The van der Waals surface area contributed by atoms with Crippen LogP contribution in [0.25, 0.3) is 0 Å². The normalized spacial score (nSPS) is 42.1. The third-order valence-electron chi connectivity index (χ3n) is 2.90. The molecule has 2 fully saturated rings.